The number of hydrogen-bond donors (Lipinski definition) is 2. The predicted molar refractivity (Wildman–Crippen MR) is 78.8 cm³/mol. The smallest absolute Gasteiger partial charge is 0.315 e. The van der Waals surface area contributed by atoms with E-state index in [0.717, 1.165) is 19.3 Å². The van der Waals surface area contributed by atoms with Gasteiger partial charge in [0.05, 0.1) is 0 Å². The standard InChI is InChI=1S/C13H22N4O2S/c1-9-15-12(19-17-9)4-3-7-14-13(18)16-10-5-6-11(8-10)20-2/h10-11H,3-8H2,1-2H3,(H2,14,16,18)/t10-,11-/m1/s1. The molecule has 0 aliphatic heterocycles. The maximum absolute atomic E-state index is 11.7. The normalized spacial score (nSPS) is 21.9. The van der Waals surface area contributed by atoms with Crippen molar-refractivity contribution in [3.63, 3.8) is 0 Å². The number of urea groups is 1. The van der Waals surface area contributed by atoms with Crippen LogP contribution in [0.4, 0.5) is 4.79 Å². The number of hydrogen-bond acceptors (Lipinski definition) is 5. The van der Waals surface area contributed by atoms with Gasteiger partial charge in [0.25, 0.3) is 0 Å². The van der Waals surface area contributed by atoms with E-state index >= 15 is 0 Å². The number of amides is 2. The zero-order valence-electron chi connectivity index (χ0n) is 12.0. The molecule has 0 radical (unpaired) electrons. The van der Waals surface area contributed by atoms with Gasteiger partial charge >= 0.3 is 6.03 Å². The first kappa shape index (κ1) is 15.2. The molecular formula is C13H22N4O2S. The molecule has 0 spiro atoms. The third-order valence-corrected chi connectivity index (χ3v) is 4.57. The molecule has 1 saturated carbocycles. The lowest BCUT2D eigenvalue weighted by Crippen LogP contribution is -2.41. The van der Waals surface area contributed by atoms with Crippen LogP contribution in [-0.2, 0) is 6.42 Å². The summed E-state index contributed by atoms with van der Waals surface area (Å²) in [5.74, 6) is 1.28. The zero-order chi connectivity index (χ0) is 14.4. The molecule has 6 nitrogen and oxygen atoms in total. The van der Waals surface area contributed by atoms with E-state index in [9.17, 15) is 4.79 Å². The number of rotatable bonds is 6. The summed E-state index contributed by atoms with van der Waals surface area (Å²) < 4.78 is 5.01. The van der Waals surface area contributed by atoms with E-state index in [1.165, 1.54) is 6.42 Å². The van der Waals surface area contributed by atoms with Gasteiger partial charge in [0.2, 0.25) is 5.89 Å². The topological polar surface area (TPSA) is 80.0 Å². The molecule has 20 heavy (non-hydrogen) atoms. The van der Waals surface area contributed by atoms with Gasteiger partial charge < -0.3 is 15.2 Å². The molecule has 1 aliphatic carbocycles. The summed E-state index contributed by atoms with van der Waals surface area (Å²) in [4.78, 5) is 15.8. The van der Waals surface area contributed by atoms with Crippen molar-refractivity contribution < 1.29 is 9.32 Å². The van der Waals surface area contributed by atoms with E-state index in [2.05, 4.69) is 27.0 Å². The van der Waals surface area contributed by atoms with Crippen molar-refractivity contribution in [1.82, 2.24) is 20.8 Å². The predicted octanol–water partition coefficient (Wildman–Crippen LogP) is 1.89. The lowest BCUT2D eigenvalue weighted by Gasteiger charge is -2.13. The molecule has 1 fully saturated rings. The Morgan fingerprint density at radius 2 is 2.35 bits per heavy atom. The van der Waals surface area contributed by atoms with Crippen molar-refractivity contribution in [2.75, 3.05) is 12.8 Å². The largest absolute Gasteiger partial charge is 0.339 e. The van der Waals surface area contributed by atoms with Crippen LogP contribution in [0, 0.1) is 6.92 Å². The van der Waals surface area contributed by atoms with Crippen LogP contribution in [0.5, 0.6) is 0 Å². The molecule has 0 bridgehead atoms. The van der Waals surface area contributed by atoms with E-state index in [1.807, 2.05) is 11.8 Å². The van der Waals surface area contributed by atoms with Crippen molar-refractivity contribution >= 4 is 17.8 Å². The third kappa shape index (κ3) is 4.70. The molecular weight excluding hydrogens is 276 g/mol. The van der Waals surface area contributed by atoms with Crippen molar-refractivity contribution in [3.8, 4) is 0 Å². The van der Waals surface area contributed by atoms with E-state index in [-0.39, 0.29) is 6.03 Å². The number of carbonyl (C=O) groups excluding carboxylic acids is 1. The van der Waals surface area contributed by atoms with Gasteiger partial charge in [-0.1, -0.05) is 5.16 Å². The number of nitrogens with zero attached hydrogens (tertiary/aromatic N) is 2. The Hall–Kier alpha value is -1.24. The first-order valence-corrected chi connectivity index (χ1v) is 8.32. The fourth-order valence-corrected chi connectivity index (χ4v) is 3.20. The minimum Gasteiger partial charge on any atom is -0.339 e. The lowest BCUT2D eigenvalue weighted by atomic mass is 10.2. The van der Waals surface area contributed by atoms with Crippen molar-refractivity contribution in [1.29, 1.82) is 0 Å². The van der Waals surface area contributed by atoms with Gasteiger partial charge in [-0.3, -0.25) is 0 Å². The fourth-order valence-electron chi connectivity index (χ4n) is 2.40. The molecule has 7 heteroatoms. The van der Waals surface area contributed by atoms with Gasteiger partial charge in [-0.05, 0) is 38.9 Å². The summed E-state index contributed by atoms with van der Waals surface area (Å²) in [7, 11) is 0. The monoisotopic (exact) mass is 298 g/mol. The number of thioether (sulfide) groups is 1. The molecule has 0 unspecified atom stereocenters. The van der Waals surface area contributed by atoms with Crippen LogP contribution < -0.4 is 10.6 Å². The summed E-state index contributed by atoms with van der Waals surface area (Å²) in [5, 5.41) is 10.3. The van der Waals surface area contributed by atoms with Crippen LogP contribution in [0.2, 0.25) is 0 Å². The SMILES string of the molecule is CS[C@@H]1CC[C@@H](NC(=O)NCCCc2nc(C)no2)C1. The highest BCUT2D eigenvalue weighted by Gasteiger charge is 2.24. The Kier molecular flexibility index (Phi) is 5.70. The Balaban J connectivity index is 1.56. The Bertz CT molecular complexity index is 438. The lowest BCUT2D eigenvalue weighted by molar-refractivity contribution is 0.237. The Morgan fingerprint density at radius 1 is 1.50 bits per heavy atom. The molecule has 1 heterocycles. The summed E-state index contributed by atoms with van der Waals surface area (Å²) in [6, 6.07) is 0.254. The summed E-state index contributed by atoms with van der Waals surface area (Å²) in [6.45, 7) is 2.41. The summed E-state index contributed by atoms with van der Waals surface area (Å²) in [5.41, 5.74) is 0. The van der Waals surface area contributed by atoms with Crippen LogP contribution in [0.3, 0.4) is 0 Å². The highest BCUT2D eigenvalue weighted by atomic mass is 32.2. The fraction of sp³-hybridized carbons (Fsp3) is 0.769. The minimum absolute atomic E-state index is 0.0709. The number of aromatic nitrogens is 2. The molecule has 1 aromatic heterocycles. The molecule has 2 N–H and O–H groups in total. The first-order valence-electron chi connectivity index (χ1n) is 7.03. The van der Waals surface area contributed by atoms with Crippen molar-refractivity contribution in [2.24, 2.45) is 0 Å². The zero-order valence-corrected chi connectivity index (χ0v) is 12.8. The van der Waals surface area contributed by atoms with Gasteiger partial charge in [0.15, 0.2) is 5.82 Å². The van der Waals surface area contributed by atoms with E-state index < -0.39 is 0 Å². The minimum atomic E-state index is -0.0709. The highest BCUT2D eigenvalue weighted by Crippen LogP contribution is 2.27. The summed E-state index contributed by atoms with van der Waals surface area (Å²) >= 11 is 1.89. The second-order valence-electron chi connectivity index (χ2n) is 5.11. The van der Waals surface area contributed by atoms with E-state index in [1.54, 1.807) is 6.92 Å². The van der Waals surface area contributed by atoms with Crippen molar-refractivity contribution in [2.45, 2.75) is 50.3 Å². The second kappa shape index (κ2) is 7.52. The summed E-state index contributed by atoms with van der Waals surface area (Å²) in [6.07, 6.45) is 6.98. The number of nitrogens with one attached hydrogen (secondary N) is 2. The molecule has 1 aromatic rings. The van der Waals surface area contributed by atoms with Crippen LogP contribution in [-0.4, -0.2) is 40.3 Å². The molecule has 0 saturated heterocycles. The molecule has 0 aromatic carbocycles. The van der Waals surface area contributed by atoms with Gasteiger partial charge in [0, 0.05) is 24.3 Å². The Labute approximate surface area is 123 Å². The molecule has 2 rings (SSSR count). The number of carbonyl (C=O) groups is 1. The molecule has 1 aliphatic rings. The number of aryl methyl sites for hydroxylation is 2. The molecule has 2 amide bonds. The van der Waals surface area contributed by atoms with Gasteiger partial charge in [0.1, 0.15) is 0 Å². The average Bonchev–Trinajstić information content (AvgIpc) is 3.04. The maximum Gasteiger partial charge on any atom is 0.315 e. The van der Waals surface area contributed by atoms with Gasteiger partial charge in [-0.15, -0.1) is 0 Å². The Morgan fingerprint density at radius 3 is 3.00 bits per heavy atom. The average molecular weight is 298 g/mol. The van der Waals surface area contributed by atoms with Crippen molar-refractivity contribution in [3.05, 3.63) is 11.7 Å². The van der Waals surface area contributed by atoms with Crippen LogP contribution in [0.25, 0.3) is 0 Å². The van der Waals surface area contributed by atoms with Crippen LogP contribution in [0.1, 0.15) is 37.4 Å². The maximum atomic E-state index is 11.7. The van der Waals surface area contributed by atoms with Crippen LogP contribution >= 0.6 is 11.8 Å². The van der Waals surface area contributed by atoms with E-state index in [0.29, 0.717) is 36.0 Å². The molecule has 2 atom stereocenters. The molecule has 112 valence electrons. The first-order chi connectivity index (χ1) is 9.67. The van der Waals surface area contributed by atoms with Gasteiger partial charge in [-0.2, -0.15) is 16.7 Å². The van der Waals surface area contributed by atoms with E-state index in [4.69, 9.17) is 4.52 Å². The van der Waals surface area contributed by atoms with Crippen LogP contribution in [0.15, 0.2) is 4.52 Å². The van der Waals surface area contributed by atoms with Gasteiger partial charge in [-0.25, -0.2) is 4.79 Å². The highest BCUT2D eigenvalue weighted by molar-refractivity contribution is 7.99. The quantitative estimate of drug-likeness (QED) is 0.784. The second-order valence-corrected chi connectivity index (χ2v) is 6.24. The third-order valence-electron chi connectivity index (χ3n) is 3.48.